The van der Waals surface area contributed by atoms with Crippen LogP contribution in [0.25, 0.3) is 0 Å². The van der Waals surface area contributed by atoms with E-state index in [-0.39, 0.29) is 11.7 Å². The van der Waals surface area contributed by atoms with Gasteiger partial charge in [0.15, 0.2) is 6.10 Å². The molecular weight excluding hydrogens is 268 g/mol. The number of nitriles is 1. The van der Waals surface area contributed by atoms with Gasteiger partial charge in [0.1, 0.15) is 11.5 Å². The molecular formula is C16H14N2O3. The van der Waals surface area contributed by atoms with E-state index in [1.165, 1.54) is 6.07 Å². The zero-order valence-electron chi connectivity index (χ0n) is 11.4. The van der Waals surface area contributed by atoms with Gasteiger partial charge in [-0.05, 0) is 43.3 Å². The van der Waals surface area contributed by atoms with Gasteiger partial charge in [-0.2, -0.15) is 5.26 Å². The number of nitrogens with one attached hydrogen (secondary N) is 1. The number of carbonyl (C=O) groups is 1. The SMILES string of the molecule is CC(Oc1ccc(C#N)cc1)C(=O)Nc1ccccc1O. The van der Waals surface area contributed by atoms with Crippen molar-refractivity contribution in [3.8, 4) is 17.6 Å². The van der Waals surface area contributed by atoms with E-state index in [9.17, 15) is 9.90 Å². The van der Waals surface area contributed by atoms with E-state index < -0.39 is 6.10 Å². The number of carbonyl (C=O) groups excluding carboxylic acids is 1. The first-order valence-electron chi connectivity index (χ1n) is 6.36. The van der Waals surface area contributed by atoms with Crippen molar-refractivity contribution in [3.05, 3.63) is 54.1 Å². The highest BCUT2D eigenvalue weighted by Crippen LogP contribution is 2.22. The first-order chi connectivity index (χ1) is 10.1. The fraction of sp³-hybridized carbons (Fsp3) is 0.125. The molecule has 0 bridgehead atoms. The van der Waals surface area contributed by atoms with Gasteiger partial charge >= 0.3 is 0 Å². The van der Waals surface area contributed by atoms with Crippen molar-refractivity contribution in [1.29, 1.82) is 5.26 Å². The molecule has 106 valence electrons. The van der Waals surface area contributed by atoms with Crippen LogP contribution in [0.1, 0.15) is 12.5 Å². The number of rotatable bonds is 4. The molecule has 1 atom stereocenters. The summed E-state index contributed by atoms with van der Waals surface area (Å²) >= 11 is 0. The van der Waals surface area contributed by atoms with E-state index in [0.29, 0.717) is 17.0 Å². The van der Waals surface area contributed by atoms with Crippen LogP contribution >= 0.6 is 0 Å². The van der Waals surface area contributed by atoms with Crippen molar-refractivity contribution in [3.63, 3.8) is 0 Å². The van der Waals surface area contributed by atoms with Crippen LogP contribution in [0.15, 0.2) is 48.5 Å². The molecule has 0 aromatic heterocycles. The second-order valence-corrected chi connectivity index (χ2v) is 4.40. The van der Waals surface area contributed by atoms with Crippen LogP contribution in [0.3, 0.4) is 0 Å². The number of para-hydroxylation sites is 2. The molecule has 0 spiro atoms. The number of hydrogen-bond acceptors (Lipinski definition) is 4. The first kappa shape index (κ1) is 14.4. The van der Waals surface area contributed by atoms with Crippen molar-refractivity contribution in [2.75, 3.05) is 5.32 Å². The maximum Gasteiger partial charge on any atom is 0.265 e. The van der Waals surface area contributed by atoms with Crippen LogP contribution in [0.4, 0.5) is 5.69 Å². The molecule has 1 amide bonds. The molecule has 0 saturated heterocycles. The zero-order chi connectivity index (χ0) is 15.2. The Morgan fingerprint density at radius 3 is 2.52 bits per heavy atom. The molecule has 0 heterocycles. The topological polar surface area (TPSA) is 82.3 Å². The molecule has 5 heteroatoms. The Labute approximate surface area is 122 Å². The van der Waals surface area contributed by atoms with Gasteiger partial charge in [-0.25, -0.2) is 0 Å². The van der Waals surface area contributed by atoms with E-state index >= 15 is 0 Å². The summed E-state index contributed by atoms with van der Waals surface area (Å²) in [6.07, 6.45) is -0.738. The van der Waals surface area contributed by atoms with Gasteiger partial charge in [0, 0.05) is 0 Å². The second-order valence-electron chi connectivity index (χ2n) is 4.40. The molecule has 5 nitrogen and oxygen atoms in total. The molecule has 0 radical (unpaired) electrons. The number of amides is 1. The number of hydrogen-bond donors (Lipinski definition) is 2. The summed E-state index contributed by atoms with van der Waals surface area (Å²) in [7, 11) is 0. The second kappa shape index (κ2) is 6.44. The normalized spacial score (nSPS) is 11.2. The minimum atomic E-state index is -0.738. The van der Waals surface area contributed by atoms with Crippen LogP contribution in [0.5, 0.6) is 11.5 Å². The smallest absolute Gasteiger partial charge is 0.265 e. The van der Waals surface area contributed by atoms with Crippen LogP contribution in [0.2, 0.25) is 0 Å². The number of nitrogens with zero attached hydrogens (tertiary/aromatic N) is 1. The first-order valence-corrected chi connectivity index (χ1v) is 6.36. The summed E-state index contributed by atoms with van der Waals surface area (Å²) < 4.78 is 5.48. The predicted octanol–water partition coefficient (Wildman–Crippen LogP) is 2.67. The fourth-order valence-electron chi connectivity index (χ4n) is 1.68. The van der Waals surface area contributed by atoms with E-state index in [0.717, 1.165) is 0 Å². The average molecular weight is 282 g/mol. The van der Waals surface area contributed by atoms with Gasteiger partial charge < -0.3 is 15.2 Å². The van der Waals surface area contributed by atoms with Gasteiger partial charge in [-0.15, -0.1) is 0 Å². The van der Waals surface area contributed by atoms with Crippen LogP contribution < -0.4 is 10.1 Å². The largest absolute Gasteiger partial charge is 0.506 e. The Balaban J connectivity index is 1.99. The molecule has 1 unspecified atom stereocenters. The molecule has 2 rings (SSSR count). The number of phenols is 1. The molecule has 0 fully saturated rings. The van der Waals surface area contributed by atoms with Gasteiger partial charge in [-0.3, -0.25) is 4.79 Å². The molecule has 0 saturated carbocycles. The lowest BCUT2D eigenvalue weighted by Crippen LogP contribution is -2.30. The Morgan fingerprint density at radius 1 is 1.24 bits per heavy atom. The van der Waals surface area contributed by atoms with Crippen LogP contribution in [-0.2, 0) is 4.79 Å². The van der Waals surface area contributed by atoms with Gasteiger partial charge in [0.25, 0.3) is 5.91 Å². The third-order valence-corrected chi connectivity index (χ3v) is 2.83. The minimum absolute atomic E-state index is 0.00331. The van der Waals surface area contributed by atoms with Crippen molar-refractivity contribution in [1.82, 2.24) is 0 Å². The van der Waals surface area contributed by atoms with E-state index in [4.69, 9.17) is 10.00 Å². The number of anilines is 1. The van der Waals surface area contributed by atoms with Gasteiger partial charge in [-0.1, -0.05) is 12.1 Å². The van der Waals surface area contributed by atoms with Crippen molar-refractivity contribution >= 4 is 11.6 Å². The Bertz CT molecular complexity index is 675. The molecule has 0 aliphatic heterocycles. The van der Waals surface area contributed by atoms with E-state index in [1.807, 2.05) is 6.07 Å². The molecule has 0 aliphatic carbocycles. The third-order valence-electron chi connectivity index (χ3n) is 2.83. The number of ether oxygens (including phenoxy) is 1. The lowest BCUT2D eigenvalue weighted by Gasteiger charge is -2.15. The van der Waals surface area contributed by atoms with Gasteiger partial charge in [0.05, 0.1) is 17.3 Å². The standard InChI is InChI=1S/C16H14N2O3/c1-11(21-13-8-6-12(10-17)7-9-13)16(20)18-14-4-2-3-5-15(14)19/h2-9,11,19H,1H3,(H,18,20). The quantitative estimate of drug-likeness (QED) is 0.845. The third kappa shape index (κ3) is 3.74. The fourth-order valence-corrected chi connectivity index (χ4v) is 1.68. The Morgan fingerprint density at radius 2 is 1.90 bits per heavy atom. The summed E-state index contributed by atoms with van der Waals surface area (Å²) in [6, 6.07) is 15.0. The molecule has 21 heavy (non-hydrogen) atoms. The minimum Gasteiger partial charge on any atom is -0.506 e. The number of benzene rings is 2. The van der Waals surface area contributed by atoms with Crippen molar-refractivity contribution < 1.29 is 14.6 Å². The highest BCUT2D eigenvalue weighted by molar-refractivity contribution is 5.95. The summed E-state index contributed by atoms with van der Waals surface area (Å²) in [6.45, 7) is 1.60. The summed E-state index contributed by atoms with van der Waals surface area (Å²) in [5.41, 5.74) is 0.853. The maximum atomic E-state index is 12.0. The highest BCUT2D eigenvalue weighted by Gasteiger charge is 2.16. The lowest BCUT2D eigenvalue weighted by molar-refractivity contribution is -0.122. The molecule has 2 aromatic carbocycles. The van der Waals surface area contributed by atoms with Gasteiger partial charge in [0.2, 0.25) is 0 Å². The Kier molecular flexibility index (Phi) is 4.42. The van der Waals surface area contributed by atoms with E-state index in [2.05, 4.69) is 5.32 Å². The predicted molar refractivity (Wildman–Crippen MR) is 78.0 cm³/mol. The summed E-state index contributed by atoms with van der Waals surface area (Å²) in [5, 5.41) is 20.9. The Hall–Kier alpha value is -3.00. The average Bonchev–Trinajstić information content (AvgIpc) is 2.50. The number of aromatic hydroxyl groups is 1. The summed E-state index contributed by atoms with van der Waals surface area (Å²) in [4.78, 5) is 12.0. The molecule has 2 N–H and O–H groups in total. The number of phenolic OH excluding ortho intramolecular Hbond substituents is 1. The van der Waals surface area contributed by atoms with E-state index in [1.54, 1.807) is 49.4 Å². The highest BCUT2D eigenvalue weighted by atomic mass is 16.5. The zero-order valence-corrected chi connectivity index (χ0v) is 11.4. The van der Waals surface area contributed by atoms with Crippen molar-refractivity contribution in [2.45, 2.75) is 13.0 Å². The van der Waals surface area contributed by atoms with Crippen LogP contribution in [0, 0.1) is 11.3 Å². The monoisotopic (exact) mass is 282 g/mol. The lowest BCUT2D eigenvalue weighted by atomic mass is 10.2. The molecule has 0 aliphatic rings. The molecule has 2 aromatic rings. The van der Waals surface area contributed by atoms with Crippen molar-refractivity contribution in [2.24, 2.45) is 0 Å². The maximum absolute atomic E-state index is 12.0. The van der Waals surface area contributed by atoms with Crippen LogP contribution in [-0.4, -0.2) is 17.1 Å². The summed E-state index contributed by atoms with van der Waals surface area (Å²) in [5.74, 6) is 0.117.